The van der Waals surface area contributed by atoms with E-state index in [0.29, 0.717) is 6.54 Å². The second-order valence-electron chi connectivity index (χ2n) is 5.14. The summed E-state index contributed by atoms with van der Waals surface area (Å²) in [6.45, 7) is 0.687. The number of aromatic amines is 1. The predicted molar refractivity (Wildman–Crippen MR) is 87.6 cm³/mol. The average Bonchev–Trinajstić information content (AvgIpc) is 3.20. The monoisotopic (exact) mass is 289 g/mol. The van der Waals surface area contributed by atoms with Crippen molar-refractivity contribution < 1.29 is 4.42 Å². The molecule has 2 aromatic carbocycles. The molecule has 4 rings (SSSR count). The van der Waals surface area contributed by atoms with Crippen LogP contribution in [0.25, 0.3) is 22.4 Å². The first-order valence-electron chi connectivity index (χ1n) is 7.20. The molecule has 2 N–H and O–H groups in total. The molecular formula is C18H15N3O. The zero-order chi connectivity index (χ0) is 14.8. The maximum absolute atomic E-state index is 5.91. The van der Waals surface area contributed by atoms with Crippen LogP contribution in [0.1, 0.15) is 5.56 Å². The van der Waals surface area contributed by atoms with Crippen molar-refractivity contribution in [1.82, 2.24) is 10.2 Å². The zero-order valence-corrected chi connectivity index (χ0v) is 11.9. The molecule has 0 saturated carbocycles. The minimum atomic E-state index is 0.687. The summed E-state index contributed by atoms with van der Waals surface area (Å²) in [6.07, 6.45) is 1.83. The van der Waals surface area contributed by atoms with Crippen LogP contribution in [-0.2, 0) is 6.54 Å². The molecule has 0 spiro atoms. The van der Waals surface area contributed by atoms with Crippen molar-refractivity contribution in [1.29, 1.82) is 0 Å². The summed E-state index contributed by atoms with van der Waals surface area (Å²) < 4.78 is 5.91. The van der Waals surface area contributed by atoms with E-state index in [1.54, 1.807) is 0 Å². The fourth-order valence-electron chi connectivity index (χ4n) is 2.52. The van der Waals surface area contributed by atoms with E-state index in [9.17, 15) is 0 Å². The fourth-order valence-corrected chi connectivity index (χ4v) is 2.52. The summed E-state index contributed by atoms with van der Waals surface area (Å²) in [7, 11) is 0. The number of H-pyrrole nitrogens is 1. The van der Waals surface area contributed by atoms with Gasteiger partial charge in [-0.15, -0.1) is 0 Å². The van der Waals surface area contributed by atoms with Crippen LogP contribution >= 0.6 is 0 Å². The maximum atomic E-state index is 5.91. The fraction of sp³-hybridized carbons (Fsp3) is 0.0556. The van der Waals surface area contributed by atoms with E-state index in [-0.39, 0.29) is 0 Å². The van der Waals surface area contributed by atoms with Gasteiger partial charge in [0.05, 0.1) is 6.20 Å². The number of rotatable bonds is 4. The molecule has 0 saturated heterocycles. The van der Waals surface area contributed by atoms with Crippen molar-refractivity contribution >= 4 is 16.7 Å². The van der Waals surface area contributed by atoms with Gasteiger partial charge < -0.3 is 9.73 Å². The van der Waals surface area contributed by atoms with Gasteiger partial charge in [-0.25, -0.2) is 0 Å². The molecular weight excluding hydrogens is 274 g/mol. The van der Waals surface area contributed by atoms with E-state index in [4.69, 9.17) is 4.42 Å². The number of para-hydroxylation sites is 2. The third-order valence-electron chi connectivity index (χ3n) is 3.65. The molecule has 108 valence electrons. The molecule has 22 heavy (non-hydrogen) atoms. The van der Waals surface area contributed by atoms with E-state index in [0.717, 1.165) is 33.7 Å². The third-order valence-corrected chi connectivity index (χ3v) is 3.65. The molecule has 4 heteroatoms. The summed E-state index contributed by atoms with van der Waals surface area (Å²) in [4.78, 5) is 0. The van der Waals surface area contributed by atoms with Crippen molar-refractivity contribution in [3.05, 3.63) is 72.4 Å². The first-order chi connectivity index (χ1) is 10.9. The lowest BCUT2D eigenvalue weighted by atomic mass is 10.2. The highest BCUT2D eigenvalue weighted by atomic mass is 16.3. The van der Waals surface area contributed by atoms with Crippen LogP contribution in [0.5, 0.6) is 0 Å². The van der Waals surface area contributed by atoms with Crippen LogP contribution in [0.4, 0.5) is 5.69 Å². The van der Waals surface area contributed by atoms with Crippen molar-refractivity contribution in [3.63, 3.8) is 0 Å². The lowest BCUT2D eigenvalue weighted by Crippen LogP contribution is -1.99. The summed E-state index contributed by atoms with van der Waals surface area (Å²) in [6, 6.07) is 20.1. The Balaban J connectivity index is 1.62. The molecule has 0 fully saturated rings. The van der Waals surface area contributed by atoms with Gasteiger partial charge in [-0.2, -0.15) is 5.10 Å². The van der Waals surface area contributed by atoms with Gasteiger partial charge in [-0.3, -0.25) is 5.10 Å². The molecule has 0 aliphatic carbocycles. The summed E-state index contributed by atoms with van der Waals surface area (Å²) in [5, 5.41) is 11.7. The van der Waals surface area contributed by atoms with Crippen LogP contribution in [0.2, 0.25) is 0 Å². The third kappa shape index (κ3) is 2.35. The number of anilines is 1. The lowest BCUT2D eigenvalue weighted by molar-refractivity contribution is 0.627. The quantitative estimate of drug-likeness (QED) is 0.584. The van der Waals surface area contributed by atoms with E-state index in [2.05, 4.69) is 15.5 Å². The van der Waals surface area contributed by atoms with E-state index in [1.807, 2.05) is 66.9 Å². The van der Waals surface area contributed by atoms with Crippen LogP contribution < -0.4 is 5.32 Å². The Morgan fingerprint density at radius 2 is 1.82 bits per heavy atom. The Bertz CT molecular complexity index is 860. The van der Waals surface area contributed by atoms with Gasteiger partial charge in [0.25, 0.3) is 0 Å². The zero-order valence-electron chi connectivity index (χ0n) is 11.9. The Morgan fingerprint density at radius 3 is 2.68 bits per heavy atom. The van der Waals surface area contributed by atoms with Gasteiger partial charge >= 0.3 is 0 Å². The Hall–Kier alpha value is -3.01. The number of benzene rings is 2. The van der Waals surface area contributed by atoms with Gasteiger partial charge in [0.15, 0.2) is 5.76 Å². The lowest BCUT2D eigenvalue weighted by Gasteiger charge is -2.05. The minimum absolute atomic E-state index is 0.687. The van der Waals surface area contributed by atoms with Gasteiger partial charge in [0.1, 0.15) is 11.3 Å². The van der Waals surface area contributed by atoms with Gasteiger partial charge in [0.2, 0.25) is 0 Å². The van der Waals surface area contributed by atoms with Gasteiger partial charge in [0, 0.05) is 23.2 Å². The predicted octanol–water partition coefficient (Wildman–Crippen LogP) is 4.44. The van der Waals surface area contributed by atoms with Gasteiger partial charge in [-0.05, 0) is 24.3 Å². The molecule has 0 aliphatic heterocycles. The highest BCUT2D eigenvalue weighted by molar-refractivity contribution is 5.82. The smallest absolute Gasteiger partial charge is 0.153 e. The van der Waals surface area contributed by atoms with Crippen molar-refractivity contribution in [2.45, 2.75) is 6.54 Å². The molecule has 0 radical (unpaired) electrons. The highest BCUT2D eigenvalue weighted by Crippen LogP contribution is 2.28. The van der Waals surface area contributed by atoms with Crippen molar-refractivity contribution in [2.75, 3.05) is 5.32 Å². The second kappa shape index (κ2) is 5.41. The average molecular weight is 289 g/mol. The Kier molecular flexibility index (Phi) is 3.12. The number of hydrogen-bond acceptors (Lipinski definition) is 3. The van der Waals surface area contributed by atoms with E-state index >= 15 is 0 Å². The number of fused-ring (bicyclic) bond motifs is 1. The summed E-state index contributed by atoms with van der Waals surface area (Å²) in [5.74, 6) is 0.809. The summed E-state index contributed by atoms with van der Waals surface area (Å²) >= 11 is 0. The van der Waals surface area contributed by atoms with E-state index < -0.39 is 0 Å². The molecule has 4 aromatic rings. The molecule has 0 amide bonds. The molecule has 0 atom stereocenters. The summed E-state index contributed by atoms with van der Waals surface area (Å²) in [5.41, 5.74) is 3.95. The van der Waals surface area contributed by atoms with Crippen molar-refractivity contribution in [2.24, 2.45) is 0 Å². The molecule has 0 unspecified atom stereocenters. The maximum Gasteiger partial charge on any atom is 0.153 e. The molecule has 2 heterocycles. The molecule has 0 bridgehead atoms. The number of hydrogen-bond donors (Lipinski definition) is 2. The topological polar surface area (TPSA) is 53.9 Å². The number of furan rings is 1. The minimum Gasteiger partial charge on any atom is -0.454 e. The number of nitrogens with one attached hydrogen (secondary N) is 2. The largest absolute Gasteiger partial charge is 0.454 e. The first-order valence-corrected chi connectivity index (χ1v) is 7.20. The standard InChI is InChI=1S/C18H15N3O/c1-2-7-15(8-3-1)19-11-14-12-20-21-18(14)17-10-13-6-4-5-9-16(13)22-17/h1-10,12,19H,11H2,(H,20,21). The van der Waals surface area contributed by atoms with Crippen LogP contribution in [0.3, 0.4) is 0 Å². The molecule has 0 aliphatic rings. The Morgan fingerprint density at radius 1 is 1.00 bits per heavy atom. The van der Waals surface area contributed by atoms with Crippen LogP contribution in [-0.4, -0.2) is 10.2 Å². The highest BCUT2D eigenvalue weighted by Gasteiger charge is 2.12. The number of nitrogens with zero attached hydrogens (tertiary/aromatic N) is 1. The van der Waals surface area contributed by atoms with Crippen molar-refractivity contribution in [3.8, 4) is 11.5 Å². The SMILES string of the molecule is c1ccc(NCc2cn[nH]c2-c2cc3ccccc3o2)cc1. The number of aromatic nitrogens is 2. The van der Waals surface area contributed by atoms with Crippen LogP contribution in [0, 0.1) is 0 Å². The molecule has 2 aromatic heterocycles. The van der Waals surface area contributed by atoms with Crippen LogP contribution in [0.15, 0.2) is 71.3 Å². The van der Waals surface area contributed by atoms with Gasteiger partial charge in [-0.1, -0.05) is 36.4 Å². The first kappa shape index (κ1) is 12.7. The second-order valence-corrected chi connectivity index (χ2v) is 5.14. The normalized spacial score (nSPS) is 10.9. The molecule has 4 nitrogen and oxygen atoms in total. The Labute approximate surface area is 127 Å². The van der Waals surface area contributed by atoms with E-state index in [1.165, 1.54) is 0 Å².